The smallest absolute Gasteiger partial charge is 0.161 e. The van der Waals surface area contributed by atoms with Crippen molar-refractivity contribution < 1.29 is 0 Å². The molecule has 0 unspecified atom stereocenters. The Balaban J connectivity index is 2.43. The van der Waals surface area contributed by atoms with Crippen molar-refractivity contribution in [2.75, 3.05) is 35.2 Å². The Hall–Kier alpha value is -2.30. The summed E-state index contributed by atoms with van der Waals surface area (Å²) in [7, 11) is 0. The Labute approximate surface area is 151 Å². The molecule has 1 aromatic carbocycles. The molecule has 0 spiro atoms. The molecule has 5 heteroatoms. The van der Waals surface area contributed by atoms with E-state index in [0.29, 0.717) is 17.5 Å². The number of nitrogens with two attached hydrogens (primary N) is 1. The van der Waals surface area contributed by atoms with Gasteiger partial charge >= 0.3 is 0 Å². The van der Waals surface area contributed by atoms with Gasteiger partial charge in [0.2, 0.25) is 0 Å². The standard InChI is InChI=1S/C20H31N5/c1-6-25(17-10-8-7-9-11-17)20-18(21)19(22-14-23-20)24(12-15(2)3)13-16(4)5/h7-11,14-16H,6,12-13,21H2,1-5H3. The summed E-state index contributed by atoms with van der Waals surface area (Å²) < 4.78 is 0. The molecule has 0 radical (unpaired) electrons. The first-order valence-corrected chi connectivity index (χ1v) is 9.12. The quantitative estimate of drug-likeness (QED) is 0.774. The van der Waals surface area contributed by atoms with Crippen LogP contribution in [0.1, 0.15) is 34.6 Å². The zero-order valence-corrected chi connectivity index (χ0v) is 16.1. The molecule has 0 aliphatic heterocycles. The molecule has 0 atom stereocenters. The molecule has 136 valence electrons. The van der Waals surface area contributed by atoms with Crippen LogP contribution in [-0.4, -0.2) is 29.6 Å². The summed E-state index contributed by atoms with van der Waals surface area (Å²) in [5.41, 5.74) is 8.27. The molecular weight excluding hydrogens is 310 g/mol. The van der Waals surface area contributed by atoms with Gasteiger partial charge in [-0.05, 0) is 30.9 Å². The average molecular weight is 342 g/mol. The summed E-state index contributed by atoms with van der Waals surface area (Å²) in [5, 5.41) is 0. The van der Waals surface area contributed by atoms with E-state index in [1.165, 1.54) is 0 Å². The van der Waals surface area contributed by atoms with Gasteiger partial charge in [-0.15, -0.1) is 0 Å². The van der Waals surface area contributed by atoms with Crippen molar-refractivity contribution >= 4 is 23.0 Å². The van der Waals surface area contributed by atoms with Crippen LogP contribution in [0.25, 0.3) is 0 Å². The number of nitrogens with zero attached hydrogens (tertiary/aromatic N) is 4. The molecule has 0 amide bonds. The monoisotopic (exact) mass is 341 g/mol. The van der Waals surface area contributed by atoms with E-state index in [0.717, 1.165) is 37.0 Å². The van der Waals surface area contributed by atoms with E-state index >= 15 is 0 Å². The molecule has 0 aliphatic rings. The summed E-state index contributed by atoms with van der Waals surface area (Å²) >= 11 is 0. The van der Waals surface area contributed by atoms with Gasteiger partial charge in [0.15, 0.2) is 11.6 Å². The third-order valence-electron chi connectivity index (χ3n) is 3.95. The lowest BCUT2D eigenvalue weighted by Crippen LogP contribution is -2.33. The van der Waals surface area contributed by atoms with Crippen molar-refractivity contribution in [1.29, 1.82) is 0 Å². The third kappa shape index (κ3) is 4.84. The van der Waals surface area contributed by atoms with Crippen LogP contribution in [0, 0.1) is 11.8 Å². The lowest BCUT2D eigenvalue weighted by Gasteiger charge is -2.30. The minimum absolute atomic E-state index is 0.535. The number of hydrogen-bond donors (Lipinski definition) is 1. The van der Waals surface area contributed by atoms with E-state index in [4.69, 9.17) is 5.73 Å². The molecule has 5 nitrogen and oxygen atoms in total. The lowest BCUT2D eigenvalue weighted by atomic mass is 10.1. The maximum absolute atomic E-state index is 6.54. The fraction of sp³-hybridized carbons (Fsp3) is 0.500. The zero-order chi connectivity index (χ0) is 18.4. The number of nitrogen functional groups attached to an aromatic ring is 1. The van der Waals surface area contributed by atoms with Gasteiger partial charge in [-0.25, -0.2) is 9.97 Å². The molecule has 2 aromatic rings. The Morgan fingerprint density at radius 3 is 2.00 bits per heavy atom. The van der Waals surface area contributed by atoms with Crippen molar-refractivity contribution in [1.82, 2.24) is 9.97 Å². The fourth-order valence-corrected chi connectivity index (χ4v) is 3.04. The molecule has 0 fully saturated rings. The highest BCUT2D eigenvalue weighted by atomic mass is 15.3. The highest BCUT2D eigenvalue weighted by Crippen LogP contribution is 2.33. The van der Waals surface area contributed by atoms with Gasteiger partial charge in [-0.2, -0.15) is 0 Å². The van der Waals surface area contributed by atoms with Crippen LogP contribution in [0.3, 0.4) is 0 Å². The van der Waals surface area contributed by atoms with Crippen LogP contribution in [0.4, 0.5) is 23.0 Å². The molecule has 0 saturated heterocycles. The van der Waals surface area contributed by atoms with E-state index in [1.54, 1.807) is 6.33 Å². The fourth-order valence-electron chi connectivity index (χ4n) is 3.04. The lowest BCUT2D eigenvalue weighted by molar-refractivity contribution is 0.549. The molecule has 0 aliphatic carbocycles. The summed E-state index contributed by atoms with van der Waals surface area (Å²) in [5.74, 6) is 2.68. The summed E-state index contributed by atoms with van der Waals surface area (Å²) in [6, 6.07) is 10.2. The Morgan fingerprint density at radius 2 is 1.48 bits per heavy atom. The minimum atomic E-state index is 0.535. The second-order valence-electron chi connectivity index (χ2n) is 7.21. The second-order valence-corrected chi connectivity index (χ2v) is 7.21. The average Bonchev–Trinajstić information content (AvgIpc) is 2.56. The number of rotatable bonds is 8. The number of benzene rings is 1. The molecule has 1 aromatic heterocycles. The Kier molecular flexibility index (Phi) is 6.62. The van der Waals surface area contributed by atoms with E-state index < -0.39 is 0 Å². The van der Waals surface area contributed by atoms with Crippen molar-refractivity contribution in [3.8, 4) is 0 Å². The first-order chi connectivity index (χ1) is 11.9. The number of para-hydroxylation sites is 1. The van der Waals surface area contributed by atoms with Crippen molar-refractivity contribution in [3.05, 3.63) is 36.7 Å². The zero-order valence-electron chi connectivity index (χ0n) is 16.1. The van der Waals surface area contributed by atoms with Gasteiger partial charge < -0.3 is 15.5 Å². The van der Waals surface area contributed by atoms with Gasteiger partial charge in [0.25, 0.3) is 0 Å². The normalized spacial score (nSPS) is 11.2. The molecule has 0 bridgehead atoms. The minimum Gasteiger partial charge on any atom is -0.393 e. The summed E-state index contributed by atoms with van der Waals surface area (Å²) in [6.45, 7) is 13.6. The van der Waals surface area contributed by atoms with Gasteiger partial charge in [-0.3, -0.25) is 0 Å². The van der Waals surface area contributed by atoms with Gasteiger partial charge in [0.05, 0.1) is 0 Å². The number of anilines is 4. The van der Waals surface area contributed by atoms with Crippen molar-refractivity contribution in [2.45, 2.75) is 34.6 Å². The molecule has 0 saturated carbocycles. The molecular formula is C20H31N5. The van der Waals surface area contributed by atoms with Crippen LogP contribution >= 0.6 is 0 Å². The largest absolute Gasteiger partial charge is 0.393 e. The van der Waals surface area contributed by atoms with Crippen LogP contribution in [0.15, 0.2) is 36.7 Å². The Bertz CT molecular complexity index is 644. The first kappa shape index (κ1) is 19.0. The van der Waals surface area contributed by atoms with Gasteiger partial charge in [-0.1, -0.05) is 45.9 Å². The summed E-state index contributed by atoms with van der Waals surface area (Å²) in [4.78, 5) is 13.4. The van der Waals surface area contributed by atoms with Crippen LogP contribution in [0.2, 0.25) is 0 Å². The highest BCUT2D eigenvalue weighted by molar-refractivity contribution is 5.79. The van der Waals surface area contributed by atoms with Gasteiger partial charge in [0.1, 0.15) is 12.0 Å². The molecule has 25 heavy (non-hydrogen) atoms. The van der Waals surface area contributed by atoms with Crippen LogP contribution in [0.5, 0.6) is 0 Å². The van der Waals surface area contributed by atoms with E-state index in [2.05, 4.69) is 66.5 Å². The third-order valence-corrected chi connectivity index (χ3v) is 3.95. The molecule has 2 N–H and O–H groups in total. The maximum Gasteiger partial charge on any atom is 0.161 e. The number of hydrogen-bond acceptors (Lipinski definition) is 5. The highest BCUT2D eigenvalue weighted by Gasteiger charge is 2.20. The van der Waals surface area contributed by atoms with E-state index in [-0.39, 0.29) is 0 Å². The van der Waals surface area contributed by atoms with Crippen molar-refractivity contribution in [2.24, 2.45) is 11.8 Å². The van der Waals surface area contributed by atoms with E-state index in [1.807, 2.05) is 18.2 Å². The van der Waals surface area contributed by atoms with Crippen molar-refractivity contribution in [3.63, 3.8) is 0 Å². The van der Waals surface area contributed by atoms with E-state index in [9.17, 15) is 0 Å². The predicted octanol–water partition coefficient (Wildman–Crippen LogP) is 4.34. The number of aromatic nitrogens is 2. The van der Waals surface area contributed by atoms with Crippen LogP contribution in [-0.2, 0) is 0 Å². The van der Waals surface area contributed by atoms with Crippen LogP contribution < -0.4 is 15.5 Å². The Morgan fingerprint density at radius 1 is 0.920 bits per heavy atom. The summed E-state index contributed by atoms with van der Waals surface area (Å²) in [6.07, 6.45) is 1.63. The SMILES string of the molecule is CCN(c1ccccc1)c1ncnc(N(CC(C)C)CC(C)C)c1N. The topological polar surface area (TPSA) is 58.3 Å². The maximum atomic E-state index is 6.54. The second kappa shape index (κ2) is 8.70. The van der Waals surface area contributed by atoms with Gasteiger partial charge in [0, 0.05) is 25.3 Å². The molecule has 2 rings (SSSR count). The first-order valence-electron chi connectivity index (χ1n) is 9.12. The predicted molar refractivity (Wildman–Crippen MR) is 107 cm³/mol. The molecule has 1 heterocycles.